The molecule has 7 heteroatoms. The molecule has 0 spiro atoms. The standard InChI is InChI=1S/C10H12N6S/c11-10(17)8-1-2-12-9(7-8)13-3-5-16-6-4-14-15-16/h1-2,4,6-7H,3,5H2,(H2,11,17)(H,12,13). The topological polar surface area (TPSA) is 81.6 Å². The number of nitrogens with one attached hydrogen (secondary N) is 1. The first-order valence-corrected chi connectivity index (χ1v) is 5.50. The SMILES string of the molecule is NC(=S)c1ccnc(NCCn2ccnn2)c1. The van der Waals surface area contributed by atoms with E-state index >= 15 is 0 Å². The molecule has 0 saturated carbocycles. The van der Waals surface area contributed by atoms with E-state index in [1.807, 2.05) is 6.07 Å². The van der Waals surface area contributed by atoms with Crippen molar-refractivity contribution in [2.75, 3.05) is 11.9 Å². The molecule has 6 nitrogen and oxygen atoms in total. The third-order valence-corrected chi connectivity index (χ3v) is 2.40. The van der Waals surface area contributed by atoms with Gasteiger partial charge in [-0.1, -0.05) is 17.4 Å². The summed E-state index contributed by atoms with van der Waals surface area (Å²) in [5.74, 6) is 0.746. The molecule has 0 aliphatic rings. The lowest BCUT2D eigenvalue weighted by Gasteiger charge is -2.06. The van der Waals surface area contributed by atoms with Crippen LogP contribution in [0.25, 0.3) is 0 Å². The lowest BCUT2D eigenvalue weighted by atomic mass is 10.2. The van der Waals surface area contributed by atoms with Crippen LogP contribution in [0.5, 0.6) is 0 Å². The minimum absolute atomic E-state index is 0.367. The zero-order chi connectivity index (χ0) is 12.1. The predicted molar refractivity (Wildman–Crippen MR) is 68.6 cm³/mol. The van der Waals surface area contributed by atoms with Crippen LogP contribution in [-0.2, 0) is 6.54 Å². The summed E-state index contributed by atoms with van der Waals surface area (Å²) in [5, 5.41) is 10.7. The van der Waals surface area contributed by atoms with Gasteiger partial charge in [-0.05, 0) is 12.1 Å². The summed E-state index contributed by atoms with van der Waals surface area (Å²) in [6.45, 7) is 1.43. The van der Waals surface area contributed by atoms with E-state index in [2.05, 4.69) is 20.6 Å². The fraction of sp³-hybridized carbons (Fsp3) is 0.200. The van der Waals surface area contributed by atoms with Crippen LogP contribution < -0.4 is 11.1 Å². The monoisotopic (exact) mass is 248 g/mol. The van der Waals surface area contributed by atoms with Crippen LogP contribution in [0.3, 0.4) is 0 Å². The molecule has 0 radical (unpaired) electrons. The lowest BCUT2D eigenvalue weighted by molar-refractivity contribution is 0.608. The molecule has 0 aromatic carbocycles. The van der Waals surface area contributed by atoms with Crippen molar-refractivity contribution in [2.45, 2.75) is 6.54 Å². The minimum atomic E-state index is 0.367. The summed E-state index contributed by atoms with van der Waals surface area (Å²) in [4.78, 5) is 4.54. The van der Waals surface area contributed by atoms with E-state index in [9.17, 15) is 0 Å². The van der Waals surface area contributed by atoms with Gasteiger partial charge in [-0.3, -0.25) is 4.68 Å². The number of aromatic nitrogens is 4. The number of nitrogens with zero attached hydrogens (tertiary/aromatic N) is 4. The maximum Gasteiger partial charge on any atom is 0.126 e. The Labute approximate surface area is 104 Å². The molecule has 2 rings (SSSR count). The maximum atomic E-state index is 5.54. The summed E-state index contributed by atoms with van der Waals surface area (Å²) < 4.78 is 1.74. The van der Waals surface area contributed by atoms with E-state index in [-0.39, 0.29) is 0 Å². The Morgan fingerprint density at radius 2 is 2.35 bits per heavy atom. The zero-order valence-corrected chi connectivity index (χ0v) is 9.89. The molecular formula is C10H12N6S. The molecule has 0 saturated heterocycles. The normalized spacial score (nSPS) is 10.1. The first kappa shape index (κ1) is 11.5. The van der Waals surface area contributed by atoms with E-state index in [1.165, 1.54) is 0 Å². The van der Waals surface area contributed by atoms with Gasteiger partial charge in [0.15, 0.2) is 0 Å². The fourth-order valence-electron chi connectivity index (χ4n) is 1.33. The van der Waals surface area contributed by atoms with Gasteiger partial charge in [0.05, 0.1) is 12.7 Å². The number of nitrogens with two attached hydrogens (primary N) is 1. The molecule has 0 bridgehead atoms. The van der Waals surface area contributed by atoms with Crippen molar-refractivity contribution in [3.63, 3.8) is 0 Å². The summed E-state index contributed by atoms with van der Waals surface area (Å²) in [7, 11) is 0. The van der Waals surface area contributed by atoms with E-state index < -0.39 is 0 Å². The summed E-state index contributed by atoms with van der Waals surface area (Å²) in [6.07, 6.45) is 5.12. The van der Waals surface area contributed by atoms with Crippen molar-refractivity contribution in [3.8, 4) is 0 Å². The van der Waals surface area contributed by atoms with E-state index in [1.54, 1.807) is 29.3 Å². The minimum Gasteiger partial charge on any atom is -0.389 e. The van der Waals surface area contributed by atoms with Crippen LogP contribution in [0.2, 0.25) is 0 Å². The Balaban J connectivity index is 1.90. The van der Waals surface area contributed by atoms with Crippen LogP contribution in [0.4, 0.5) is 5.82 Å². The Bertz CT molecular complexity index is 495. The third kappa shape index (κ3) is 3.22. The molecule has 2 heterocycles. The largest absolute Gasteiger partial charge is 0.389 e. The highest BCUT2D eigenvalue weighted by atomic mass is 32.1. The molecule has 0 atom stereocenters. The maximum absolute atomic E-state index is 5.54. The van der Waals surface area contributed by atoms with Gasteiger partial charge in [0, 0.05) is 24.5 Å². The van der Waals surface area contributed by atoms with Crippen LogP contribution in [0.1, 0.15) is 5.56 Å². The van der Waals surface area contributed by atoms with Crippen LogP contribution >= 0.6 is 12.2 Å². The summed E-state index contributed by atoms with van der Waals surface area (Å²) in [6, 6.07) is 3.61. The van der Waals surface area contributed by atoms with Gasteiger partial charge in [0.1, 0.15) is 10.8 Å². The number of pyridine rings is 1. The average Bonchev–Trinajstić information content (AvgIpc) is 2.82. The van der Waals surface area contributed by atoms with Crippen molar-refractivity contribution < 1.29 is 0 Å². The molecule has 3 N–H and O–H groups in total. The van der Waals surface area contributed by atoms with Gasteiger partial charge in [0.25, 0.3) is 0 Å². The molecule has 17 heavy (non-hydrogen) atoms. The van der Waals surface area contributed by atoms with Crippen molar-refractivity contribution in [1.29, 1.82) is 0 Å². The lowest BCUT2D eigenvalue weighted by Crippen LogP contribution is -2.13. The highest BCUT2D eigenvalue weighted by molar-refractivity contribution is 7.80. The first-order valence-electron chi connectivity index (χ1n) is 5.09. The van der Waals surface area contributed by atoms with Crippen molar-refractivity contribution in [1.82, 2.24) is 20.0 Å². The Kier molecular flexibility index (Phi) is 3.61. The Hall–Kier alpha value is -2.02. The van der Waals surface area contributed by atoms with Crippen LogP contribution in [0, 0.1) is 0 Å². The third-order valence-electron chi connectivity index (χ3n) is 2.16. The predicted octanol–water partition coefficient (Wildman–Crippen LogP) is 0.419. The molecule has 2 aromatic heterocycles. The van der Waals surface area contributed by atoms with Gasteiger partial charge in [-0.25, -0.2) is 4.98 Å². The van der Waals surface area contributed by atoms with E-state index in [4.69, 9.17) is 18.0 Å². The molecule has 2 aromatic rings. The van der Waals surface area contributed by atoms with Crippen molar-refractivity contribution >= 4 is 23.0 Å². The van der Waals surface area contributed by atoms with Gasteiger partial charge >= 0.3 is 0 Å². The van der Waals surface area contributed by atoms with Crippen molar-refractivity contribution in [2.24, 2.45) is 5.73 Å². The van der Waals surface area contributed by atoms with Gasteiger partial charge in [-0.15, -0.1) is 5.10 Å². The summed E-state index contributed by atoms with van der Waals surface area (Å²) in [5.41, 5.74) is 6.35. The van der Waals surface area contributed by atoms with Gasteiger partial charge in [-0.2, -0.15) is 0 Å². The van der Waals surface area contributed by atoms with Crippen LogP contribution in [0.15, 0.2) is 30.7 Å². The quantitative estimate of drug-likeness (QED) is 0.746. The zero-order valence-electron chi connectivity index (χ0n) is 9.08. The van der Waals surface area contributed by atoms with E-state index in [0.717, 1.165) is 17.9 Å². The molecular weight excluding hydrogens is 236 g/mol. The Morgan fingerprint density at radius 1 is 1.47 bits per heavy atom. The molecule has 0 aliphatic heterocycles. The van der Waals surface area contributed by atoms with Crippen LogP contribution in [-0.4, -0.2) is 31.5 Å². The first-order chi connectivity index (χ1) is 8.25. The number of hydrogen-bond acceptors (Lipinski definition) is 5. The second-order valence-corrected chi connectivity index (χ2v) is 3.83. The average molecular weight is 248 g/mol. The highest BCUT2D eigenvalue weighted by Gasteiger charge is 1.99. The molecule has 0 amide bonds. The van der Waals surface area contributed by atoms with E-state index in [0.29, 0.717) is 11.5 Å². The molecule has 0 aliphatic carbocycles. The number of hydrogen-bond donors (Lipinski definition) is 2. The highest BCUT2D eigenvalue weighted by Crippen LogP contribution is 2.06. The number of thiocarbonyl (C=S) groups is 1. The smallest absolute Gasteiger partial charge is 0.126 e. The molecule has 0 fully saturated rings. The van der Waals surface area contributed by atoms with Crippen molar-refractivity contribution in [3.05, 3.63) is 36.3 Å². The fourth-order valence-corrected chi connectivity index (χ4v) is 1.46. The molecule has 0 unspecified atom stereocenters. The molecule has 88 valence electrons. The second-order valence-electron chi connectivity index (χ2n) is 3.39. The van der Waals surface area contributed by atoms with Gasteiger partial charge < -0.3 is 11.1 Å². The number of anilines is 1. The summed E-state index contributed by atoms with van der Waals surface area (Å²) >= 11 is 4.90. The second kappa shape index (κ2) is 5.35. The number of rotatable bonds is 5. The van der Waals surface area contributed by atoms with Gasteiger partial charge in [0.2, 0.25) is 0 Å². The Morgan fingerprint density at radius 3 is 3.06 bits per heavy atom.